The lowest BCUT2D eigenvalue weighted by Gasteiger charge is -2.07. The van der Waals surface area contributed by atoms with Crippen LogP contribution in [0, 0.1) is 0 Å². The van der Waals surface area contributed by atoms with E-state index in [9.17, 15) is 20.4 Å². The molecule has 0 saturated heterocycles. The number of rotatable bonds is 6. The molecule has 0 aliphatic carbocycles. The summed E-state index contributed by atoms with van der Waals surface area (Å²) in [6.45, 7) is 0. The van der Waals surface area contributed by atoms with Gasteiger partial charge in [-0.05, 0) is 61.1 Å². The van der Waals surface area contributed by atoms with Gasteiger partial charge < -0.3 is 25.6 Å². The van der Waals surface area contributed by atoms with Crippen molar-refractivity contribution in [2.45, 2.75) is 25.7 Å². The van der Waals surface area contributed by atoms with E-state index < -0.39 is 0 Å². The van der Waals surface area contributed by atoms with Crippen LogP contribution in [0.5, 0.6) is 23.0 Å². The molecule has 122 valence electrons. The molecule has 0 fully saturated rings. The van der Waals surface area contributed by atoms with Crippen LogP contribution in [0.3, 0.4) is 0 Å². The Kier molecular flexibility index (Phi) is 5.30. The molecule has 0 saturated carbocycles. The maximum absolute atomic E-state index is 9.45. The largest absolute Gasteiger partial charge is 0.504 e. The average Bonchev–Trinajstić information content (AvgIpc) is 2.54. The number of hydrogen-bond donors (Lipinski definition) is 5. The summed E-state index contributed by atoms with van der Waals surface area (Å²) < 4.78 is 0. The van der Waals surface area contributed by atoms with Crippen molar-refractivity contribution >= 4 is 5.71 Å². The Bertz CT molecular complexity index is 655. The standard InChI is InChI=1S/C17H19NO5/c19-14-7-3-11(9-16(14)21)1-5-13(18-23)6-2-12-4-8-15(20)17(22)10-12/h3-4,7-10,19-23H,1-2,5-6H2. The molecule has 0 heterocycles. The minimum atomic E-state index is -0.176. The quantitative estimate of drug-likeness (QED) is 0.243. The molecule has 0 unspecified atom stereocenters. The minimum Gasteiger partial charge on any atom is -0.504 e. The lowest BCUT2D eigenvalue weighted by Crippen LogP contribution is -2.03. The zero-order valence-corrected chi connectivity index (χ0v) is 12.5. The van der Waals surface area contributed by atoms with Crippen LogP contribution in [-0.2, 0) is 12.8 Å². The Balaban J connectivity index is 1.90. The summed E-state index contributed by atoms with van der Waals surface area (Å²) >= 11 is 0. The number of aromatic hydroxyl groups is 4. The number of oxime groups is 1. The van der Waals surface area contributed by atoms with E-state index in [2.05, 4.69) is 5.16 Å². The van der Waals surface area contributed by atoms with Crippen LogP contribution in [0.4, 0.5) is 0 Å². The Hall–Kier alpha value is -2.89. The maximum Gasteiger partial charge on any atom is 0.157 e. The van der Waals surface area contributed by atoms with Gasteiger partial charge in [0.1, 0.15) is 0 Å². The third-order valence-electron chi connectivity index (χ3n) is 3.63. The van der Waals surface area contributed by atoms with E-state index in [1.54, 1.807) is 12.1 Å². The van der Waals surface area contributed by atoms with Gasteiger partial charge in [-0.1, -0.05) is 17.3 Å². The molecule has 5 N–H and O–H groups in total. The first-order chi connectivity index (χ1) is 11.0. The summed E-state index contributed by atoms with van der Waals surface area (Å²) in [5.41, 5.74) is 2.23. The Morgan fingerprint density at radius 3 is 1.48 bits per heavy atom. The summed E-state index contributed by atoms with van der Waals surface area (Å²) in [6, 6.07) is 9.17. The Morgan fingerprint density at radius 2 is 1.13 bits per heavy atom. The van der Waals surface area contributed by atoms with Crippen molar-refractivity contribution in [2.75, 3.05) is 0 Å². The van der Waals surface area contributed by atoms with Gasteiger partial charge in [-0.15, -0.1) is 0 Å². The highest BCUT2D eigenvalue weighted by Gasteiger charge is 2.07. The second-order valence-electron chi connectivity index (χ2n) is 5.31. The molecule has 0 aliphatic rings. The molecule has 6 heteroatoms. The van der Waals surface area contributed by atoms with Gasteiger partial charge in [0.05, 0.1) is 5.71 Å². The highest BCUT2D eigenvalue weighted by Crippen LogP contribution is 2.26. The fourth-order valence-electron chi connectivity index (χ4n) is 2.25. The van der Waals surface area contributed by atoms with Crippen LogP contribution >= 0.6 is 0 Å². The number of benzene rings is 2. The summed E-state index contributed by atoms with van der Waals surface area (Å²) in [5.74, 6) is -0.692. The highest BCUT2D eigenvalue weighted by molar-refractivity contribution is 5.84. The Morgan fingerprint density at radius 1 is 0.696 bits per heavy atom. The lowest BCUT2D eigenvalue weighted by atomic mass is 10.0. The maximum atomic E-state index is 9.45. The van der Waals surface area contributed by atoms with E-state index in [1.165, 1.54) is 24.3 Å². The second kappa shape index (κ2) is 7.40. The van der Waals surface area contributed by atoms with Gasteiger partial charge in [0.25, 0.3) is 0 Å². The predicted molar refractivity (Wildman–Crippen MR) is 85.4 cm³/mol. The molecule has 0 bridgehead atoms. The summed E-state index contributed by atoms with van der Waals surface area (Å²) in [6.07, 6.45) is 2.14. The van der Waals surface area contributed by atoms with E-state index in [0.717, 1.165) is 11.1 Å². The number of phenols is 4. The molecular formula is C17H19NO5. The smallest absolute Gasteiger partial charge is 0.157 e. The van der Waals surface area contributed by atoms with Crippen molar-refractivity contribution in [1.29, 1.82) is 0 Å². The minimum absolute atomic E-state index is 0.170. The molecular weight excluding hydrogens is 298 g/mol. The lowest BCUT2D eigenvalue weighted by molar-refractivity contribution is 0.316. The van der Waals surface area contributed by atoms with Crippen molar-refractivity contribution in [3.8, 4) is 23.0 Å². The average molecular weight is 317 g/mol. The Labute approximate surface area is 133 Å². The molecule has 2 aromatic carbocycles. The highest BCUT2D eigenvalue weighted by atomic mass is 16.4. The monoisotopic (exact) mass is 317 g/mol. The van der Waals surface area contributed by atoms with Gasteiger partial charge in [0, 0.05) is 0 Å². The third kappa shape index (κ3) is 4.54. The first-order valence-corrected chi connectivity index (χ1v) is 7.21. The number of aryl methyl sites for hydroxylation is 2. The SMILES string of the molecule is ON=C(CCc1ccc(O)c(O)c1)CCc1ccc(O)c(O)c1. The topological polar surface area (TPSA) is 114 Å². The molecule has 23 heavy (non-hydrogen) atoms. The first kappa shape index (κ1) is 16.5. The van der Waals surface area contributed by atoms with Crippen LogP contribution in [0.15, 0.2) is 41.6 Å². The number of hydrogen-bond acceptors (Lipinski definition) is 6. The fourth-order valence-corrected chi connectivity index (χ4v) is 2.25. The zero-order chi connectivity index (χ0) is 16.8. The third-order valence-corrected chi connectivity index (χ3v) is 3.63. The van der Waals surface area contributed by atoms with Gasteiger partial charge in [-0.3, -0.25) is 0 Å². The molecule has 2 aromatic rings. The van der Waals surface area contributed by atoms with Crippen LogP contribution in [0.1, 0.15) is 24.0 Å². The van der Waals surface area contributed by atoms with Gasteiger partial charge in [-0.25, -0.2) is 0 Å². The van der Waals surface area contributed by atoms with Crippen LogP contribution in [-0.4, -0.2) is 31.3 Å². The van der Waals surface area contributed by atoms with Crippen LogP contribution in [0.25, 0.3) is 0 Å². The van der Waals surface area contributed by atoms with Crippen molar-refractivity contribution < 1.29 is 25.6 Å². The van der Waals surface area contributed by atoms with Crippen LogP contribution < -0.4 is 0 Å². The summed E-state index contributed by atoms with van der Waals surface area (Å²) in [7, 11) is 0. The van der Waals surface area contributed by atoms with Gasteiger partial charge in [-0.2, -0.15) is 0 Å². The molecule has 0 atom stereocenters. The van der Waals surface area contributed by atoms with Gasteiger partial charge in [0.2, 0.25) is 0 Å². The second-order valence-corrected chi connectivity index (χ2v) is 5.31. The van der Waals surface area contributed by atoms with Gasteiger partial charge in [0.15, 0.2) is 23.0 Å². The van der Waals surface area contributed by atoms with Crippen molar-refractivity contribution in [2.24, 2.45) is 5.16 Å². The number of phenolic OH excluding ortho intramolecular Hbond substituents is 4. The van der Waals surface area contributed by atoms with E-state index in [-0.39, 0.29) is 23.0 Å². The molecule has 0 amide bonds. The predicted octanol–water partition coefficient (Wildman–Crippen LogP) is 2.90. The zero-order valence-electron chi connectivity index (χ0n) is 12.5. The normalized spacial score (nSPS) is 10.4. The van der Waals surface area contributed by atoms with Crippen molar-refractivity contribution in [3.63, 3.8) is 0 Å². The molecule has 2 rings (SSSR count). The molecule has 6 nitrogen and oxygen atoms in total. The molecule has 0 radical (unpaired) electrons. The van der Waals surface area contributed by atoms with Gasteiger partial charge >= 0.3 is 0 Å². The summed E-state index contributed by atoms with van der Waals surface area (Å²) in [5, 5.41) is 49.8. The molecule has 0 aromatic heterocycles. The van der Waals surface area contributed by atoms with Crippen molar-refractivity contribution in [1.82, 2.24) is 0 Å². The first-order valence-electron chi connectivity index (χ1n) is 7.21. The van der Waals surface area contributed by atoms with E-state index in [0.29, 0.717) is 31.4 Å². The molecule has 0 aliphatic heterocycles. The van der Waals surface area contributed by atoms with Crippen LogP contribution in [0.2, 0.25) is 0 Å². The van der Waals surface area contributed by atoms with E-state index in [1.807, 2.05) is 0 Å². The fraction of sp³-hybridized carbons (Fsp3) is 0.235. The van der Waals surface area contributed by atoms with E-state index >= 15 is 0 Å². The van der Waals surface area contributed by atoms with Crippen molar-refractivity contribution in [3.05, 3.63) is 47.5 Å². The summed E-state index contributed by atoms with van der Waals surface area (Å²) in [4.78, 5) is 0. The number of nitrogens with zero attached hydrogens (tertiary/aromatic N) is 1. The molecule has 0 spiro atoms. The van der Waals surface area contributed by atoms with E-state index in [4.69, 9.17) is 5.21 Å².